The van der Waals surface area contributed by atoms with Crippen molar-refractivity contribution >= 4 is 22.8 Å². The lowest BCUT2D eigenvalue weighted by atomic mass is 10.0. The maximum atomic E-state index is 12.5. The largest absolute Gasteiger partial charge is 0.361 e. The van der Waals surface area contributed by atoms with E-state index >= 15 is 0 Å². The number of nitrogens with one attached hydrogen (secondary N) is 3. The van der Waals surface area contributed by atoms with Crippen molar-refractivity contribution in [2.45, 2.75) is 38.3 Å². The van der Waals surface area contributed by atoms with E-state index in [-0.39, 0.29) is 11.9 Å². The van der Waals surface area contributed by atoms with Gasteiger partial charge >= 0.3 is 6.03 Å². The second-order valence-electron chi connectivity index (χ2n) is 6.26. The quantitative estimate of drug-likeness (QED) is 0.652. The van der Waals surface area contributed by atoms with Gasteiger partial charge in [-0.15, -0.1) is 0 Å². The summed E-state index contributed by atoms with van der Waals surface area (Å²) >= 11 is 0. The Morgan fingerprint density at radius 3 is 2.74 bits per heavy atom. The van der Waals surface area contributed by atoms with Crippen LogP contribution in [-0.2, 0) is 11.2 Å². The summed E-state index contributed by atoms with van der Waals surface area (Å²) in [5, 5.41) is 6.60. The zero-order chi connectivity index (χ0) is 16.4. The third-order valence-corrected chi connectivity index (χ3v) is 4.43. The van der Waals surface area contributed by atoms with E-state index in [1.807, 2.05) is 37.4 Å². The van der Waals surface area contributed by atoms with E-state index in [1.165, 1.54) is 0 Å². The van der Waals surface area contributed by atoms with Gasteiger partial charge in [-0.25, -0.2) is 4.79 Å². The maximum Gasteiger partial charge on any atom is 0.312 e. The molecule has 122 valence electrons. The van der Waals surface area contributed by atoms with Crippen molar-refractivity contribution in [2.75, 3.05) is 0 Å². The monoisotopic (exact) mass is 314 g/mol. The smallest absolute Gasteiger partial charge is 0.312 e. The molecule has 0 spiro atoms. The molecule has 1 aromatic carbocycles. The molecule has 0 unspecified atom stereocenters. The number of aromatic amines is 1. The highest BCUT2D eigenvalue weighted by Crippen LogP contribution is 2.32. The number of urea groups is 1. The van der Waals surface area contributed by atoms with E-state index < -0.39 is 12.1 Å². The number of aromatic nitrogens is 1. The first-order valence-corrected chi connectivity index (χ1v) is 7.96. The number of H-pyrrole nitrogens is 1. The highest BCUT2D eigenvalue weighted by Gasteiger charge is 2.31. The van der Waals surface area contributed by atoms with Crippen molar-refractivity contribution in [3.05, 3.63) is 36.0 Å². The molecule has 3 amide bonds. The number of benzene rings is 1. The number of carbonyl (C=O) groups excluding carboxylic acids is 2. The Hall–Kier alpha value is -2.50. The standard InChI is InChI=1S/C17H22N4O2/c1-10(11-6-7-11)20-16(22)15(21-17(18)23)8-12-9-19-14-5-3-2-4-13(12)14/h2-5,9-11,15,19H,6-8H2,1H3,(H,20,22)(H3,18,21,23)/t10-,15+/m0/s1. The number of carbonyl (C=O) groups is 2. The number of nitrogens with two attached hydrogens (primary N) is 1. The molecule has 1 aromatic heterocycles. The highest BCUT2D eigenvalue weighted by molar-refractivity contribution is 5.89. The topological polar surface area (TPSA) is 100 Å². The van der Waals surface area contributed by atoms with Crippen LogP contribution < -0.4 is 16.4 Å². The van der Waals surface area contributed by atoms with Gasteiger partial charge in [0.2, 0.25) is 5.91 Å². The van der Waals surface area contributed by atoms with Gasteiger partial charge in [-0.05, 0) is 37.3 Å². The van der Waals surface area contributed by atoms with Gasteiger partial charge in [-0.1, -0.05) is 18.2 Å². The number of fused-ring (bicyclic) bond motifs is 1. The molecule has 0 saturated heterocycles. The van der Waals surface area contributed by atoms with E-state index in [0.717, 1.165) is 29.3 Å². The van der Waals surface area contributed by atoms with Crippen LogP contribution in [0.1, 0.15) is 25.3 Å². The molecule has 6 heteroatoms. The van der Waals surface area contributed by atoms with Gasteiger partial charge in [0, 0.05) is 29.6 Å². The van der Waals surface area contributed by atoms with Crippen LogP contribution in [-0.4, -0.2) is 29.0 Å². The fourth-order valence-electron chi connectivity index (χ4n) is 2.94. The molecule has 1 aliphatic carbocycles. The molecule has 0 aliphatic heterocycles. The first-order valence-electron chi connectivity index (χ1n) is 7.96. The summed E-state index contributed by atoms with van der Waals surface area (Å²) in [5.41, 5.74) is 7.22. The van der Waals surface area contributed by atoms with Crippen LogP contribution in [0.4, 0.5) is 4.79 Å². The minimum Gasteiger partial charge on any atom is -0.361 e. The highest BCUT2D eigenvalue weighted by atomic mass is 16.2. The van der Waals surface area contributed by atoms with Crippen LogP contribution in [0, 0.1) is 5.92 Å². The molecule has 1 aliphatic rings. The summed E-state index contributed by atoms with van der Waals surface area (Å²) in [7, 11) is 0. The van der Waals surface area contributed by atoms with Crippen molar-refractivity contribution < 1.29 is 9.59 Å². The maximum absolute atomic E-state index is 12.5. The van der Waals surface area contributed by atoms with Gasteiger partial charge in [-0.2, -0.15) is 0 Å². The Balaban J connectivity index is 1.75. The summed E-state index contributed by atoms with van der Waals surface area (Å²) in [4.78, 5) is 26.9. The molecule has 23 heavy (non-hydrogen) atoms. The molecule has 2 aromatic rings. The molecule has 3 rings (SSSR count). The number of hydrogen-bond donors (Lipinski definition) is 4. The van der Waals surface area contributed by atoms with Crippen LogP contribution in [0.15, 0.2) is 30.5 Å². The summed E-state index contributed by atoms with van der Waals surface area (Å²) < 4.78 is 0. The molecular weight excluding hydrogens is 292 g/mol. The van der Waals surface area contributed by atoms with Gasteiger partial charge < -0.3 is 21.4 Å². The average Bonchev–Trinajstić information content (AvgIpc) is 3.29. The van der Waals surface area contributed by atoms with Crippen molar-refractivity contribution in [2.24, 2.45) is 11.7 Å². The number of para-hydroxylation sites is 1. The molecule has 5 N–H and O–H groups in total. The Bertz CT molecular complexity index is 720. The van der Waals surface area contributed by atoms with Gasteiger partial charge in [-0.3, -0.25) is 4.79 Å². The fraction of sp³-hybridized carbons (Fsp3) is 0.412. The summed E-state index contributed by atoms with van der Waals surface area (Å²) in [6.07, 6.45) is 4.57. The first kappa shape index (κ1) is 15.4. The summed E-state index contributed by atoms with van der Waals surface area (Å²) in [6, 6.07) is 6.63. The van der Waals surface area contributed by atoms with E-state index in [0.29, 0.717) is 12.3 Å². The lowest BCUT2D eigenvalue weighted by Crippen LogP contribution is -2.51. The molecule has 0 radical (unpaired) electrons. The number of hydrogen-bond acceptors (Lipinski definition) is 2. The molecule has 1 heterocycles. The molecule has 6 nitrogen and oxygen atoms in total. The van der Waals surface area contributed by atoms with Crippen molar-refractivity contribution in [3.8, 4) is 0 Å². The van der Waals surface area contributed by atoms with Gasteiger partial charge in [0.15, 0.2) is 0 Å². The minimum absolute atomic E-state index is 0.127. The third-order valence-electron chi connectivity index (χ3n) is 4.43. The van der Waals surface area contributed by atoms with Crippen LogP contribution in [0.5, 0.6) is 0 Å². The average molecular weight is 314 g/mol. The second-order valence-corrected chi connectivity index (χ2v) is 6.26. The van der Waals surface area contributed by atoms with E-state index in [1.54, 1.807) is 0 Å². The lowest BCUT2D eigenvalue weighted by Gasteiger charge is -2.20. The molecule has 0 bridgehead atoms. The Kier molecular flexibility index (Phi) is 4.23. The van der Waals surface area contributed by atoms with E-state index in [4.69, 9.17) is 5.73 Å². The number of rotatable bonds is 6. The Morgan fingerprint density at radius 1 is 1.30 bits per heavy atom. The SMILES string of the molecule is C[C@H](NC(=O)[C@@H](Cc1c[nH]c2ccccc12)NC(N)=O)C1CC1. The normalized spacial score (nSPS) is 16.7. The van der Waals surface area contributed by atoms with Gasteiger partial charge in [0.05, 0.1) is 0 Å². The zero-order valence-corrected chi connectivity index (χ0v) is 13.1. The van der Waals surface area contributed by atoms with Gasteiger partial charge in [0.25, 0.3) is 0 Å². The minimum atomic E-state index is -0.691. The summed E-state index contributed by atoms with van der Waals surface area (Å²) in [5.74, 6) is 0.370. The molecule has 1 saturated carbocycles. The number of primary amides is 1. The molecule has 2 atom stereocenters. The van der Waals surface area contributed by atoms with E-state index in [9.17, 15) is 9.59 Å². The van der Waals surface area contributed by atoms with Crippen LogP contribution in [0.2, 0.25) is 0 Å². The Labute approximate surface area is 134 Å². The Morgan fingerprint density at radius 2 is 2.04 bits per heavy atom. The predicted octanol–water partition coefficient (Wildman–Crippen LogP) is 1.66. The van der Waals surface area contributed by atoms with Crippen LogP contribution in [0.25, 0.3) is 10.9 Å². The van der Waals surface area contributed by atoms with Crippen LogP contribution in [0.3, 0.4) is 0 Å². The van der Waals surface area contributed by atoms with Crippen molar-refractivity contribution in [1.82, 2.24) is 15.6 Å². The van der Waals surface area contributed by atoms with Crippen molar-refractivity contribution in [1.29, 1.82) is 0 Å². The van der Waals surface area contributed by atoms with Gasteiger partial charge in [0.1, 0.15) is 6.04 Å². The van der Waals surface area contributed by atoms with E-state index in [2.05, 4.69) is 15.6 Å². The molecular formula is C17H22N4O2. The lowest BCUT2D eigenvalue weighted by molar-refractivity contribution is -0.123. The molecule has 1 fully saturated rings. The summed E-state index contributed by atoms with van der Waals surface area (Å²) in [6.45, 7) is 2.00. The van der Waals surface area contributed by atoms with Crippen molar-refractivity contribution in [3.63, 3.8) is 0 Å². The number of amides is 3. The zero-order valence-electron chi connectivity index (χ0n) is 13.1. The third kappa shape index (κ3) is 3.64. The fourth-order valence-corrected chi connectivity index (χ4v) is 2.94. The van der Waals surface area contributed by atoms with Crippen LogP contribution >= 0.6 is 0 Å². The first-order chi connectivity index (χ1) is 11.0. The predicted molar refractivity (Wildman–Crippen MR) is 88.8 cm³/mol. The second kappa shape index (κ2) is 6.32.